The molecular formula is C10H13N3O3. The van der Waals surface area contributed by atoms with Gasteiger partial charge in [-0.3, -0.25) is 4.57 Å². The molecule has 0 spiro atoms. The van der Waals surface area contributed by atoms with E-state index in [1.807, 2.05) is 0 Å². The molecule has 0 aromatic carbocycles. The van der Waals surface area contributed by atoms with E-state index >= 15 is 0 Å². The van der Waals surface area contributed by atoms with Crippen LogP contribution in [0.25, 0.3) is 0 Å². The molecule has 2 N–H and O–H groups in total. The summed E-state index contributed by atoms with van der Waals surface area (Å²) in [4.78, 5) is 25.5. The second-order valence-corrected chi connectivity index (χ2v) is 3.73. The number of anilines is 1. The summed E-state index contributed by atoms with van der Waals surface area (Å²) >= 11 is 0. The smallest absolute Gasteiger partial charge is 0.351 e. The predicted molar refractivity (Wildman–Crippen MR) is 56.7 cm³/mol. The van der Waals surface area contributed by atoms with Crippen LogP contribution in [-0.4, -0.2) is 21.9 Å². The van der Waals surface area contributed by atoms with Crippen LogP contribution in [0, 0.1) is 0 Å². The molecule has 2 atom stereocenters. The monoisotopic (exact) mass is 223 g/mol. The van der Waals surface area contributed by atoms with Crippen LogP contribution < -0.4 is 11.4 Å². The fourth-order valence-electron chi connectivity index (χ4n) is 1.82. The van der Waals surface area contributed by atoms with Crippen molar-refractivity contribution in [3.8, 4) is 0 Å². The Bertz CT molecular complexity index is 443. The minimum Gasteiger partial charge on any atom is -0.383 e. The SMILES string of the molecule is Nc1ccn([C@H]2CC[C@@H](CC=O)O2)c(=O)n1. The Hall–Kier alpha value is -1.69. The summed E-state index contributed by atoms with van der Waals surface area (Å²) in [5.74, 6) is 0.198. The summed E-state index contributed by atoms with van der Waals surface area (Å²) in [6.07, 6.45) is 3.84. The summed E-state index contributed by atoms with van der Waals surface area (Å²) in [5.41, 5.74) is 4.97. The molecule has 0 unspecified atom stereocenters. The van der Waals surface area contributed by atoms with Gasteiger partial charge in [0.25, 0.3) is 0 Å². The number of aromatic nitrogens is 2. The zero-order valence-electron chi connectivity index (χ0n) is 8.70. The third-order valence-corrected chi connectivity index (χ3v) is 2.61. The molecule has 1 aromatic heterocycles. The van der Waals surface area contributed by atoms with E-state index in [2.05, 4.69) is 4.98 Å². The molecule has 1 saturated heterocycles. The van der Waals surface area contributed by atoms with Crippen molar-refractivity contribution in [3.63, 3.8) is 0 Å². The number of nitrogens with two attached hydrogens (primary N) is 1. The molecule has 6 heteroatoms. The fourth-order valence-corrected chi connectivity index (χ4v) is 1.82. The Labute approximate surface area is 92.0 Å². The Morgan fingerprint density at radius 2 is 2.44 bits per heavy atom. The van der Waals surface area contributed by atoms with E-state index in [9.17, 15) is 9.59 Å². The van der Waals surface area contributed by atoms with Gasteiger partial charge in [-0.15, -0.1) is 0 Å². The highest BCUT2D eigenvalue weighted by Crippen LogP contribution is 2.28. The highest BCUT2D eigenvalue weighted by molar-refractivity contribution is 5.50. The van der Waals surface area contributed by atoms with Crippen molar-refractivity contribution < 1.29 is 9.53 Å². The van der Waals surface area contributed by atoms with Gasteiger partial charge in [0.05, 0.1) is 6.10 Å². The van der Waals surface area contributed by atoms with Crippen LogP contribution in [0.1, 0.15) is 25.5 Å². The zero-order valence-corrected chi connectivity index (χ0v) is 8.70. The fraction of sp³-hybridized carbons (Fsp3) is 0.500. The second kappa shape index (κ2) is 4.44. The molecule has 0 bridgehead atoms. The Balaban J connectivity index is 2.14. The van der Waals surface area contributed by atoms with Crippen LogP contribution in [0.4, 0.5) is 5.82 Å². The molecule has 1 fully saturated rings. The van der Waals surface area contributed by atoms with Gasteiger partial charge in [-0.25, -0.2) is 4.79 Å². The van der Waals surface area contributed by atoms with E-state index in [0.717, 1.165) is 12.7 Å². The average molecular weight is 223 g/mol. The topological polar surface area (TPSA) is 87.2 Å². The lowest BCUT2D eigenvalue weighted by Crippen LogP contribution is -2.27. The normalized spacial score (nSPS) is 24.5. The van der Waals surface area contributed by atoms with Crippen LogP contribution in [0.15, 0.2) is 17.1 Å². The molecule has 2 rings (SSSR count). The van der Waals surface area contributed by atoms with Crippen molar-refractivity contribution in [2.45, 2.75) is 31.6 Å². The van der Waals surface area contributed by atoms with Gasteiger partial charge in [0.2, 0.25) is 0 Å². The maximum Gasteiger partial charge on any atom is 0.351 e. The number of carbonyl (C=O) groups is 1. The van der Waals surface area contributed by atoms with Crippen LogP contribution in [-0.2, 0) is 9.53 Å². The second-order valence-electron chi connectivity index (χ2n) is 3.73. The molecule has 6 nitrogen and oxygen atoms in total. The Morgan fingerprint density at radius 3 is 3.12 bits per heavy atom. The van der Waals surface area contributed by atoms with Gasteiger partial charge in [-0.2, -0.15) is 4.98 Å². The van der Waals surface area contributed by atoms with Crippen LogP contribution in [0.5, 0.6) is 0 Å². The third-order valence-electron chi connectivity index (χ3n) is 2.61. The molecule has 1 aromatic rings. The van der Waals surface area contributed by atoms with Crippen molar-refractivity contribution in [1.82, 2.24) is 9.55 Å². The average Bonchev–Trinajstić information content (AvgIpc) is 2.67. The van der Waals surface area contributed by atoms with E-state index in [1.54, 1.807) is 12.3 Å². The van der Waals surface area contributed by atoms with Crippen molar-refractivity contribution in [2.24, 2.45) is 0 Å². The first-order chi connectivity index (χ1) is 7.70. The number of carbonyl (C=O) groups excluding carboxylic acids is 1. The molecule has 1 aliphatic rings. The highest BCUT2D eigenvalue weighted by Gasteiger charge is 2.26. The summed E-state index contributed by atoms with van der Waals surface area (Å²) in [7, 11) is 0. The predicted octanol–water partition coefficient (Wildman–Crippen LogP) is 0.0921. The quantitative estimate of drug-likeness (QED) is 0.734. The van der Waals surface area contributed by atoms with E-state index in [0.29, 0.717) is 12.8 Å². The molecule has 1 aliphatic heterocycles. The van der Waals surface area contributed by atoms with Gasteiger partial charge < -0.3 is 15.3 Å². The first-order valence-corrected chi connectivity index (χ1v) is 5.14. The minimum absolute atomic E-state index is 0.0908. The summed E-state index contributed by atoms with van der Waals surface area (Å²) in [5, 5.41) is 0. The van der Waals surface area contributed by atoms with Crippen LogP contribution in [0.3, 0.4) is 0 Å². The summed E-state index contributed by atoms with van der Waals surface area (Å²) in [6.45, 7) is 0. The number of hydrogen-bond acceptors (Lipinski definition) is 5. The van der Waals surface area contributed by atoms with Gasteiger partial charge in [-0.1, -0.05) is 0 Å². The molecule has 2 heterocycles. The lowest BCUT2D eigenvalue weighted by atomic mass is 10.2. The van der Waals surface area contributed by atoms with E-state index in [-0.39, 0.29) is 18.1 Å². The van der Waals surface area contributed by atoms with Crippen molar-refractivity contribution in [3.05, 3.63) is 22.7 Å². The first kappa shape index (κ1) is 10.8. The molecule has 16 heavy (non-hydrogen) atoms. The number of ether oxygens (including phenoxy) is 1. The molecule has 0 amide bonds. The van der Waals surface area contributed by atoms with E-state index in [4.69, 9.17) is 10.5 Å². The lowest BCUT2D eigenvalue weighted by molar-refractivity contribution is -0.110. The molecule has 0 saturated carbocycles. The van der Waals surface area contributed by atoms with Crippen LogP contribution >= 0.6 is 0 Å². The van der Waals surface area contributed by atoms with E-state index in [1.165, 1.54) is 4.57 Å². The molecule has 86 valence electrons. The highest BCUT2D eigenvalue weighted by atomic mass is 16.5. The zero-order chi connectivity index (χ0) is 11.5. The molecule has 0 radical (unpaired) electrons. The maximum absolute atomic E-state index is 11.5. The first-order valence-electron chi connectivity index (χ1n) is 5.14. The Kier molecular flexibility index (Phi) is 3.00. The largest absolute Gasteiger partial charge is 0.383 e. The lowest BCUT2D eigenvalue weighted by Gasteiger charge is -2.14. The summed E-state index contributed by atoms with van der Waals surface area (Å²) < 4.78 is 6.96. The third kappa shape index (κ3) is 2.11. The standard InChI is InChI=1S/C10H13N3O3/c11-8-3-5-13(10(15)12-8)9-2-1-7(16-9)4-6-14/h3,5-7,9H,1-2,4H2,(H2,11,12,15)/t7-,9+/m0/s1. The van der Waals surface area contributed by atoms with Gasteiger partial charge in [0.1, 0.15) is 18.3 Å². The Morgan fingerprint density at radius 1 is 1.62 bits per heavy atom. The van der Waals surface area contributed by atoms with Gasteiger partial charge in [0, 0.05) is 12.6 Å². The molecular weight excluding hydrogens is 210 g/mol. The van der Waals surface area contributed by atoms with Crippen LogP contribution in [0.2, 0.25) is 0 Å². The summed E-state index contributed by atoms with van der Waals surface area (Å²) in [6, 6.07) is 1.55. The van der Waals surface area contributed by atoms with Gasteiger partial charge in [0.15, 0.2) is 0 Å². The number of hydrogen-bond donors (Lipinski definition) is 1. The molecule has 0 aliphatic carbocycles. The number of nitrogens with zero attached hydrogens (tertiary/aromatic N) is 2. The number of nitrogen functional groups attached to an aromatic ring is 1. The van der Waals surface area contributed by atoms with Crippen molar-refractivity contribution >= 4 is 12.1 Å². The minimum atomic E-state index is -0.420. The van der Waals surface area contributed by atoms with E-state index < -0.39 is 5.69 Å². The van der Waals surface area contributed by atoms with Crippen molar-refractivity contribution in [1.29, 1.82) is 0 Å². The maximum atomic E-state index is 11.5. The number of aldehydes is 1. The van der Waals surface area contributed by atoms with Gasteiger partial charge in [-0.05, 0) is 18.9 Å². The van der Waals surface area contributed by atoms with Gasteiger partial charge >= 0.3 is 5.69 Å². The van der Waals surface area contributed by atoms with Crippen molar-refractivity contribution in [2.75, 3.05) is 5.73 Å². The number of rotatable bonds is 3.